The standard InChI is InChI=1S/C22H27N5O2/c1-17(29)18-6-8-19(9-7-18)26-13-11-25(12-14-26)16-27-21-5-3-2-4-20(21)24-22(27)23-10-15-28/h2-9,28H,10-16H2,1H3,(H,23,24). The molecule has 1 aliphatic rings. The molecular formula is C22H27N5O2. The van der Waals surface area contributed by atoms with Crippen molar-refractivity contribution in [2.45, 2.75) is 13.6 Å². The van der Waals surface area contributed by atoms with Crippen molar-refractivity contribution in [2.75, 3.05) is 49.5 Å². The van der Waals surface area contributed by atoms with Gasteiger partial charge in [0.1, 0.15) is 0 Å². The maximum atomic E-state index is 11.5. The summed E-state index contributed by atoms with van der Waals surface area (Å²) in [6.45, 7) is 6.66. The fourth-order valence-electron chi connectivity index (χ4n) is 3.78. The van der Waals surface area contributed by atoms with E-state index in [9.17, 15) is 4.79 Å². The van der Waals surface area contributed by atoms with Gasteiger partial charge in [-0.2, -0.15) is 0 Å². The highest BCUT2D eigenvalue weighted by atomic mass is 16.3. The minimum Gasteiger partial charge on any atom is -0.395 e. The van der Waals surface area contributed by atoms with E-state index < -0.39 is 0 Å². The highest BCUT2D eigenvalue weighted by Gasteiger charge is 2.20. The zero-order valence-corrected chi connectivity index (χ0v) is 16.7. The smallest absolute Gasteiger partial charge is 0.205 e. The van der Waals surface area contributed by atoms with E-state index >= 15 is 0 Å². The van der Waals surface area contributed by atoms with E-state index in [1.54, 1.807) is 6.92 Å². The molecule has 152 valence electrons. The summed E-state index contributed by atoms with van der Waals surface area (Å²) in [5, 5.41) is 12.4. The first-order valence-corrected chi connectivity index (χ1v) is 10.0. The van der Waals surface area contributed by atoms with Gasteiger partial charge in [0.05, 0.1) is 24.3 Å². The fourth-order valence-corrected chi connectivity index (χ4v) is 3.78. The van der Waals surface area contributed by atoms with Gasteiger partial charge in [-0.3, -0.25) is 14.3 Å². The average Bonchev–Trinajstić information content (AvgIpc) is 3.10. The molecule has 0 radical (unpaired) electrons. The molecule has 0 spiro atoms. The van der Waals surface area contributed by atoms with E-state index in [1.165, 1.54) is 0 Å². The molecule has 1 saturated heterocycles. The number of imidazole rings is 1. The van der Waals surface area contributed by atoms with Crippen LogP contribution in [-0.4, -0.2) is 64.7 Å². The molecule has 0 bridgehead atoms. The minimum atomic E-state index is 0.0737. The number of fused-ring (bicyclic) bond motifs is 1. The maximum absolute atomic E-state index is 11.5. The normalized spacial score (nSPS) is 15.0. The van der Waals surface area contributed by atoms with E-state index in [2.05, 4.69) is 30.7 Å². The van der Waals surface area contributed by atoms with Crippen LogP contribution >= 0.6 is 0 Å². The number of benzene rings is 2. The first kappa shape index (κ1) is 19.4. The van der Waals surface area contributed by atoms with Gasteiger partial charge in [0, 0.05) is 44.0 Å². The van der Waals surface area contributed by atoms with Gasteiger partial charge in [-0.25, -0.2) is 4.98 Å². The molecule has 2 heterocycles. The highest BCUT2D eigenvalue weighted by molar-refractivity contribution is 5.94. The Bertz CT molecular complexity index is 975. The number of aromatic nitrogens is 2. The predicted octanol–water partition coefficient (Wildman–Crippen LogP) is 2.42. The molecule has 3 aromatic rings. The summed E-state index contributed by atoms with van der Waals surface area (Å²) >= 11 is 0. The molecule has 1 aromatic heterocycles. The molecule has 1 fully saturated rings. The van der Waals surface area contributed by atoms with Gasteiger partial charge in [0.2, 0.25) is 5.95 Å². The second-order valence-corrected chi connectivity index (χ2v) is 7.35. The first-order chi connectivity index (χ1) is 14.2. The second-order valence-electron chi connectivity index (χ2n) is 7.35. The zero-order chi connectivity index (χ0) is 20.2. The quantitative estimate of drug-likeness (QED) is 0.601. The summed E-state index contributed by atoms with van der Waals surface area (Å²) in [6.07, 6.45) is 0. The van der Waals surface area contributed by atoms with Gasteiger partial charge in [-0.1, -0.05) is 12.1 Å². The lowest BCUT2D eigenvalue weighted by atomic mass is 10.1. The predicted molar refractivity (Wildman–Crippen MR) is 116 cm³/mol. The number of anilines is 2. The number of ketones is 1. The van der Waals surface area contributed by atoms with E-state index in [4.69, 9.17) is 5.11 Å². The number of Topliss-reactive ketones (excluding diaryl/α,β-unsaturated/α-hetero) is 1. The number of piperazine rings is 1. The average molecular weight is 393 g/mol. The number of nitrogens with zero attached hydrogens (tertiary/aromatic N) is 4. The van der Waals surface area contributed by atoms with Gasteiger partial charge < -0.3 is 15.3 Å². The van der Waals surface area contributed by atoms with Gasteiger partial charge >= 0.3 is 0 Å². The van der Waals surface area contributed by atoms with Gasteiger partial charge in [-0.05, 0) is 43.3 Å². The van der Waals surface area contributed by atoms with Crippen LogP contribution in [0.15, 0.2) is 48.5 Å². The number of hydrogen-bond donors (Lipinski definition) is 2. The molecule has 0 saturated carbocycles. The molecule has 0 atom stereocenters. The van der Waals surface area contributed by atoms with Crippen molar-refractivity contribution in [2.24, 2.45) is 0 Å². The van der Waals surface area contributed by atoms with Crippen molar-refractivity contribution in [1.29, 1.82) is 0 Å². The number of hydrogen-bond acceptors (Lipinski definition) is 6. The van der Waals surface area contributed by atoms with Crippen LogP contribution in [-0.2, 0) is 6.67 Å². The Hall–Kier alpha value is -2.90. The van der Waals surface area contributed by atoms with Crippen LogP contribution in [0.2, 0.25) is 0 Å². The van der Waals surface area contributed by atoms with Crippen molar-refractivity contribution in [3.63, 3.8) is 0 Å². The molecular weight excluding hydrogens is 366 g/mol. The molecule has 2 N–H and O–H groups in total. The lowest BCUT2D eigenvalue weighted by Crippen LogP contribution is -2.46. The maximum Gasteiger partial charge on any atom is 0.205 e. The van der Waals surface area contributed by atoms with Gasteiger partial charge in [0.25, 0.3) is 0 Å². The largest absolute Gasteiger partial charge is 0.395 e. The van der Waals surface area contributed by atoms with Crippen molar-refractivity contribution in [3.8, 4) is 0 Å². The lowest BCUT2D eigenvalue weighted by Gasteiger charge is -2.36. The Morgan fingerprint density at radius 1 is 1.07 bits per heavy atom. The molecule has 0 amide bonds. The Labute approximate surface area is 170 Å². The van der Waals surface area contributed by atoms with Crippen molar-refractivity contribution >= 4 is 28.5 Å². The Morgan fingerprint density at radius 2 is 1.79 bits per heavy atom. The lowest BCUT2D eigenvalue weighted by molar-refractivity contribution is 0.101. The second kappa shape index (κ2) is 8.63. The van der Waals surface area contributed by atoms with E-state index in [0.29, 0.717) is 6.54 Å². The van der Waals surface area contributed by atoms with Crippen LogP contribution in [0, 0.1) is 0 Å². The third kappa shape index (κ3) is 4.26. The third-order valence-electron chi connectivity index (χ3n) is 5.40. The fraction of sp³-hybridized carbons (Fsp3) is 0.364. The first-order valence-electron chi connectivity index (χ1n) is 10.0. The summed E-state index contributed by atoms with van der Waals surface area (Å²) in [5.41, 5.74) is 3.96. The zero-order valence-electron chi connectivity index (χ0n) is 16.7. The Kier molecular flexibility index (Phi) is 5.78. The number of aliphatic hydroxyl groups excluding tert-OH is 1. The van der Waals surface area contributed by atoms with Crippen LogP contribution in [0.25, 0.3) is 11.0 Å². The van der Waals surface area contributed by atoms with Crippen LogP contribution in [0.5, 0.6) is 0 Å². The SMILES string of the molecule is CC(=O)c1ccc(N2CCN(Cn3c(NCCO)nc4ccccc43)CC2)cc1. The molecule has 0 aliphatic carbocycles. The summed E-state index contributed by atoms with van der Waals surface area (Å²) in [5.74, 6) is 0.891. The number of para-hydroxylation sites is 2. The minimum absolute atomic E-state index is 0.0737. The summed E-state index contributed by atoms with van der Waals surface area (Å²) in [4.78, 5) is 20.9. The number of carbonyl (C=O) groups excluding carboxylic acids is 1. The Balaban J connectivity index is 1.43. The van der Waals surface area contributed by atoms with Crippen LogP contribution in [0.3, 0.4) is 0 Å². The van der Waals surface area contributed by atoms with E-state index in [-0.39, 0.29) is 12.4 Å². The highest BCUT2D eigenvalue weighted by Crippen LogP contribution is 2.22. The van der Waals surface area contributed by atoms with Gasteiger partial charge in [-0.15, -0.1) is 0 Å². The molecule has 0 unspecified atom stereocenters. The number of carbonyl (C=O) groups is 1. The summed E-state index contributed by atoms with van der Waals surface area (Å²) in [6, 6.07) is 16.0. The third-order valence-corrected chi connectivity index (χ3v) is 5.40. The molecule has 7 nitrogen and oxygen atoms in total. The number of aliphatic hydroxyl groups is 1. The van der Waals surface area contributed by atoms with Crippen LogP contribution < -0.4 is 10.2 Å². The van der Waals surface area contributed by atoms with Crippen molar-refractivity contribution < 1.29 is 9.90 Å². The van der Waals surface area contributed by atoms with E-state index in [0.717, 1.165) is 61.1 Å². The van der Waals surface area contributed by atoms with Crippen molar-refractivity contribution in [1.82, 2.24) is 14.5 Å². The summed E-state index contributed by atoms with van der Waals surface area (Å²) in [7, 11) is 0. The monoisotopic (exact) mass is 393 g/mol. The Morgan fingerprint density at radius 3 is 2.48 bits per heavy atom. The number of rotatable bonds is 7. The molecule has 1 aliphatic heterocycles. The molecule has 4 rings (SSSR count). The van der Waals surface area contributed by atoms with Crippen LogP contribution in [0.4, 0.5) is 11.6 Å². The number of nitrogens with one attached hydrogen (secondary N) is 1. The molecule has 29 heavy (non-hydrogen) atoms. The van der Waals surface area contributed by atoms with Gasteiger partial charge in [0.15, 0.2) is 5.78 Å². The summed E-state index contributed by atoms with van der Waals surface area (Å²) < 4.78 is 2.18. The topological polar surface area (TPSA) is 73.6 Å². The van der Waals surface area contributed by atoms with Crippen molar-refractivity contribution in [3.05, 3.63) is 54.1 Å². The molecule has 7 heteroatoms. The van der Waals surface area contributed by atoms with E-state index in [1.807, 2.05) is 42.5 Å². The molecule has 2 aromatic carbocycles. The van der Waals surface area contributed by atoms with Crippen LogP contribution in [0.1, 0.15) is 17.3 Å².